The van der Waals surface area contributed by atoms with Crippen molar-refractivity contribution in [1.29, 1.82) is 0 Å². The van der Waals surface area contributed by atoms with Crippen LogP contribution in [0.15, 0.2) is 36.4 Å². The summed E-state index contributed by atoms with van der Waals surface area (Å²) >= 11 is 6.13. The van der Waals surface area contributed by atoms with E-state index < -0.39 is 0 Å². The Morgan fingerprint density at radius 3 is 1.63 bits per heavy atom. The summed E-state index contributed by atoms with van der Waals surface area (Å²) in [5, 5.41) is 6.68. The van der Waals surface area contributed by atoms with Gasteiger partial charge in [-0.3, -0.25) is 0 Å². The van der Waals surface area contributed by atoms with Crippen molar-refractivity contribution < 1.29 is 0 Å². The zero-order chi connectivity index (χ0) is 18.2. The van der Waals surface area contributed by atoms with E-state index in [4.69, 9.17) is 11.6 Å². The van der Waals surface area contributed by atoms with E-state index in [-0.39, 0.29) is 5.28 Å². The molecule has 5 nitrogen and oxygen atoms in total. The van der Waals surface area contributed by atoms with E-state index in [1.807, 2.05) is 0 Å². The molecule has 2 aliphatic carbocycles. The van der Waals surface area contributed by atoms with Crippen molar-refractivity contribution in [2.24, 2.45) is 0 Å². The van der Waals surface area contributed by atoms with Crippen LogP contribution in [0.1, 0.15) is 35.1 Å². The topological polar surface area (TPSA) is 62.7 Å². The summed E-state index contributed by atoms with van der Waals surface area (Å²) in [5.41, 5.74) is 7.62. The van der Waals surface area contributed by atoms with Crippen LogP contribution < -0.4 is 10.6 Å². The summed E-state index contributed by atoms with van der Waals surface area (Å²) in [4.78, 5) is 12.9. The Hall–Kier alpha value is -2.66. The van der Waals surface area contributed by atoms with Crippen molar-refractivity contribution in [1.82, 2.24) is 15.0 Å². The molecule has 0 amide bonds. The van der Waals surface area contributed by atoms with E-state index in [0.29, 0.717) is 11.9 Å². The minimum absolute atomic E-state index is 0.164. The number of hydrogen-bond donors (Lipinski definition) is 2. The molecule has 1 aromatic heterocycles. The van der Waals surface area contributed by atoms with E-state index in [9.17, 15) is 0 Å². The highest BCUT2D eigenvalue weighted by molar-refractivity contribution is 6.28. The van der Waals surface area contributed by atoms with Gasteiger partial charge in [-0.15, -0.1) is 0 Å². The van der Waals surface area contributed by atoms with Crippen molar-refractivity contribution in [2.45, 2.75) is 38.5 Å². The first-order valence-electron chi connectivity index (χ1n) is 9.42. The number of benzene rings is 2. The molecule has 0 radical (unpaired) electrons. The molecule has 2 aromatic carbocycles. The van der Waals surface area contributed by atoms with Crippen LogP contribution in [0.2, 0.25) is 5.28 Å². The Bertz CT molecular complexity index is 940. The number of halogens is 1. The third-order valence-electron chi connectivity index (χ3n) is 5.32. The van der Waals surface area contributed by atoms with Crippen molar-refractivity contribution in [3.63, 3.8) is 0 Å². The summed E-state index contributed by atoms with van der Waals surface area (Å²) in [7, 11) is 0. The SMILES string of the molecule is Clc1nc(Nc2ccc3c(c2)CCC3)nc(Nc2ccc3c(c2)CCC3)n1. The third-order valence-corrected chi connectivity index (χ3v) is 5.49. The molecule has 2 aliphatic rings. The third kappa shape index (κ3) is 3.47. The van der Waals surface area contributed by atoms with E-state index in [0.717, 1.165) is 24.2 Å². The second kappa shape index (κ2) is 6.82. The average Bonchev–Trinajstić information content (AvgIpc) is 3.29. The van der Waals surface area contributed by atoms with Gasteiger partial charge in [-0.2, -0.15) is 15.0 Å². The lowest BCUT2D eigenvalue weighted by atomic mass is 10.1. The average molecular weight is 378 g/mol. The van der Waals surface area contributed by atoms with Crippen LogP contribution in [-0.2, 0) is 25.7 Å². The molecule has 0 aliphatic heterocycles. The van der Waals surface area contributed by atoms with E-state index in [2.05, 4.69) is 62.0 Å². The minimum atomic E-state index is 0.164. The lowest BCUT2D eigenvalue weighted by Crippen LogP contribution is -2.04. The fourth-order valence-electron chi connectivity index (χ4n) is 4.02. The van der Waals surface area contributed by atoms with Gasteiger partial charge >= 0.3 is 0 Å². The first-order valence-corrected chi connectivity index (χ1v) is 9.80. The molecular weight excluding hydrogens is 358 g/mol. The number of nitrogens with one attached hydrogen (secondary N) is 2. The molecule has 0 atom stereocenters. The number of aryl methyl sites for hydroxylation is 4. The number of rotatable bonds is 4. The van der Waals surface area contributed by atoms with Gasteiger partial charge in [0.05, 0.1) is 0 Å². The molecule has 3 aromatic rings. The largest absolute Gasteiger partial charge is 0.324 e. The Balaban J connectivity index is 1.38. The van der Waals surface area contributed by atoms with Crippen LogP contribution in [0.25, 0.3) is 0 Å². The highest BCUT2D eigenvalue weighted by atomic mass is 35.5. The van der Waals surface area contributed by atoms with Gasteiger partial charge in [0.25, 0.3) is 0 Å². The molecule has 0 unspecified atom stereocenters. The maximum Gasteiger partial charge on any atom is 0.233 e. The minimum Gasteiger partial charge on any atom is -0.324 e. The van der Waals surface area contributed by atoms with Gasteiger partial charge in [-0.1, -0.05) is 12.1 Å². The number of anilines is 4. The van der Waals surface area contributed by atoms with Crippen LogP contribution in [0.4, 0.5) is 23.3 Å². The standard InChI is InChI=1S/C21H20ClN5/c22-19-25-20(23-17-9-7-13-3-1-5-15(13)11-17)27-21(26-19)24-18-10-8-14-4-2-6-16(14)12-18/h7-12H,1-6H2,(H2,23,24,25,26,27). The number of fused-ring (bicyclic) bond motifs is 2. The van der Waals surface area contributed by atoms with Crippen LogP contribution in [0.5, 0.6) is 0 Å². The van der Waals surface area contributed by atoms with Gasteiger partial charge in [0.15, 0.2) is 0 Å². The maximum atomic E-state index is 6.13. The fourth-order valence-corrected chi connectivity index (χ4v) is 4.18. The Morgan fingerprint density at radius 2 is 1.11 bits per heavy atom. The summed E-state index contributed by atoms with van der Waals surface area (Å²) in [5.74, 6) is 0.883. The van der Waals surface area contributed by atoms with Crippen LogP contribution >= 0.6 is 11.6 Å². The van der Waals surface area contributed by atoms with Gasteiger partial charge in [-0.05, 0) is 96.6 Å². The summed E-state index contributed by atoms with van der Waals surface area (Å²) in [6.07, 6.45) is 7.06. The molecule has 27 heavy (non-hydrogen) atoms. The highest BCUT2D eigenvalue weighted by Gasteiger charge is 2.13. The Labute approximate surface area is 163 Å². The van der Waals surface area contributed by atoms with Crippen LogP contribution in [-0.4, -0.2) is 15.0 Å². The fraction of sp³-hybridized carbons (Fsp3) is 0.286. The first kappa shape index (κ1) is 16.5. The lowest BCUT2D eigenvalue weighted by Gasteiger charge is -2.10. The van der Waals surface area contributed by atoms with E-state index in [1.165, 1.54) is 47.9 Å². The van der Waals surface area contributed by atoms with Crippen molar-refractivity contribution in [3.05, 3.63) is 63.9 Å². The van der Waals surface area contributed by atoms with E-state index in [1.54, 1.807) is 0 Å². The second-order valence-corrected chi connectivity index (χ2v) is 7.51. The van der Waals surface area contributed by atoms with Gasteiger partial charge in [0.1, 0.15) is 0 Å². The quantitative estimate of drug-likeness (QED) is 0.670. The smallest absolute Gasteiger partial charge is 0.233 e. The molecule has 1 heterocycles. The molecule has 5 rings (SSSR count). The highest BCUT2D eigenvalue weighted by Crippen LogP contribution is 2.28. The van der Waals surface area contributed by atoms with Crippen LogP contribution in [0, 0.1) is 0 Å². The summed E-state index contributed by atoms with van der Waals surface area (Å²) in [6, 6.07) is 12.8. The zero-order valence-electron chi connectivity index (χ0n) is 14.9. The predicted octanol–water partition coefficient (Wildman–Crippen LogP) is 4.99. The zero-order valence-corrected chi connectivity index (χ0v) is 15.7. The monoisotopic (exact) mass is 377 g/mol. The van der Waals surface area contributed by atoms with Crippen LogP contribution in [0.3, 0.4) is 0 Å². The molecule has 0 spiro atoms. The van der Waals surface area contributed by atoms with Gasteiger partial charge < -0.3 is 10.6 Å². The normalized spacial score (nSPS) is 14.7. The molecule has 0 fully saturated rings. The molecular formula is C21H20ClN5. The number of hydrogen-bond acceptors (Lipinski definition) is 5. The van der Waals surface area contributed by atoms with Gasteiger partial charge in [0, 0.05) is 11.4 Å². The predicted molar refractivity (Wildman–Crippen MR) is 108 cm³/mol. The molecule has 136 valence electrons. The first-order chi connectivity index (χ1) is 13.2. The number of nitrogens with zero attached hydrogens (tertiary/aromatic N) is 3. The maximum absolute atomic E-state index is 6.13. The Kier molecular flexibility index (Phi) is 4.17. The molecule has 6 heteroatoms. The van der Waals surface area contributed by atoms with Crippen molar-refractivity contribution in [3.8, 4) is 0 Å². The second-order valence-electron chi connectivity index (χ2n) is 7.18. The summed E-state index contributed by atoms with van der Waals surface area (Å²) in [6.45, 7) is 0. The van der Waals surface area contributed by atoms with Crippen molar-refractivity contribution in [2.75, 3.05) is 10.6 Å². The van der Waals surface area contributed by atoms with Crippen molar-refractivity contribution >= 4 is 34.9 Å². The number of aromatic nitrogens is 3. The Morgan fingerprint density at radius 1 is 0.630 bits per heavy atom. The molecule has 0 saturated carbocycles. The summed E-state index contributed by atoms with van der Waals surface area (Å²) < 4.78 is 0. The van der Waals surface area contributed by atoms with Gasteiger partial charge in [0.2, 0.25) is 17.2 Å². The lowest BCUT2D eigenvalue weighted by molar-refractivity contribution is 0.912. The molecule has 2 N–H and O–H groups in total. The molecule has 0 saturated heterocycles. The van der Waals surface area contributed by atoms with Gasteiger partial charge in [-0.25, -0.2) is 0 Å². The molecule has 0 bridgehead atoms. The van der Waals surface area contributed by atoms with E-state index >= 15 is 0 Å².